The highest BCUT2D eigenvalue weighted by atomic mass is 32.1. The molecule has 0 spiro atoms. The van der Waals surface area contributed by atoms with E-state index in [9.17, 15) is 18.8 Å². The van der Waals surface area contributed by atoms with Gasteiger partial charge in [-0.3, -0.25) is 19.3 Å². The van der Waals surface area contributed by atoms with Crippen molar-refractivity contribution in [1.29, 1.82) is 0 Å². The number of carbonyl (C=O) groups excluding carboxylic acids is 3. The van der Waals surface area contributed by atoms with Crippen LogP contribution in [-0.4, -0.2) is 35.4 Å². The van der Waals surface area contributed by atoms with Crippen molar-refractivity contribution in [2.75, 3.05) is 17.3 Å². The first kappa shape index (κ1) is 27.8. The maximum absolute atomic E-state index is 13.8. The van der Waals surface area contributed by atoms with Crippen LogP contribution in [0.4, 0.5) is 15.2 Å². The van der Waals surface area contributed by atoms with Crippen LogP contribution in [0.15, 0.2) is 60.1 Å². The molecule has 2 aromatic carbocycles. The molecule has 0 saturated heterocycles. The van der Waals surface area contributed by atoms with Crippen LogP contribution < -0.4 is 20.3 Å². The average molecular weight is 527 g/mol. The number of anilines is 2. The molecule has 37 heavy (non-hydrogen) atoms. The molecule has 0 aliphatic rings. The smallest absolute Gasteiger partial charge is 0.248 e. The Bertz CT molecular complexity index is 1200. The molecule has 0 bridgehead atoms. The van der Waals surface area contributed by atoms with E-state index < -0.39 is 29.2 Å². The monoisotopic (exact) mass is 526 g/mol. The van der Waals surface area contributed by atoms with Gasteiger partial charge in [-0.05, 0) is 62.2 Å². The summed E-state index contributed by atoms with van der Waals surface area (Å²) >= 11 is 1.27. The highest BCUT2D eigenvalue weighted by Crippen LogP contribution is 2.31. The second kappa shape index (κ2) is 12.4. The summed E-state index contributed by atoms with van der Waals surface area (Å²) in [5.74, 6) is -1.12. The van der Waals surface area contributed by atoms with Crippen LogP contribution in [0, 0.1) is 5.82 Å². The number of methoxy groups -OCH3 is 1. The van der Waals surface area contributed by atoms with E-state index in [1.54, 1.807) is 35.8 Å². The molecule has 3 rings (SSSR count). The predicted molar refractivity (Wildman–Crippen MR) is 142 cm³/mol. The van der Waals surface area contributed by atoms with E-state index in [0.29, 0.717) is 28.6 Å². The second-order valence-corrected chi connectivity index (χ2v) is 9.92. The molecule has 0 saturated carbocycles. The van der Waals surface area contributed by atoms with Crippen molar-refractivity contribution >= 4 is 39.9 Å². The number of hydrogen-bond donors (Lipinski definition) is 2. The van der Waals surface area contributed by atoms with Gasteiger partial charge < -0.3 is 15.4 Å². The molecule has 0 aliphatic heterocycles. The lowest BCUT2D eigenvalue weighted by Crippen LogP contribution is -2.50. The molecule has 196 valence electrons. The Kier molecular flexibility index (Phi) is 9.35. The minimum Gasteiger partial charge on any atom is -0.497 e. The Morgan fingerprint density at radius 2 is 1.76 bits per heavy atom. The first-order valence-electron chi connectivity index (χ1n) is 11.9. The topological polar surface area (TPSA) is 101 Å². The molecule has 2 N–H and O–H groups in total. The van der Waals surface area contributed by atoms with Crippen LogP contribution in [0.2, 0.25) is 0 Å². The molecule has 1 atom stereocenters. The third-order valence-corrected chi connectivity index (χ3v) is 6.59. The average Bonchev–Trinajstić information content (AvgIpc) is 3.39. The molecule has 10 heteroatoms. The van der Waals surface area contributed by atoms with Crippen LogP contribution in [-0.2, 0) is 14.4 Å². The molecule has 3 amide bonds. The number of rotatable bonds is 11. The van der Waals surface area contributed by atoms with Crippen molar-refractivity contribution in [2.24, 2.45) is 0 Å². The first-order chi connectivity index (χ1) is 17.6. The van der Waals surface area contributed by atoms with Gasteiger partial charge in [0, 0.05) is 35.6 Å². The van der Waals surface area contributed by atoms with Crippen molar-refractivity contribution in [3.8, 4) is 5.75 Å². The van der Waals surface area contributed by atoms with Gasteiger partial charge in [-0.1, -0.05) is 19.1 Å². The number of aromatic nitrogens is 1. The van der Waals surface area contributed by atoms with Crippen molar-refractivity contribution in [1.82, 2.24) is 10.3 Å². The zero-order valence-corrected chi connectivity index (χ0v) is 22.1. The maximum Gasteiger partial charge on any atom is 0.248 e. The molecular weight excluding hydrogens is 495 g/mol. The Hall–Kier alpha value is -3.79. The summed E-state index contributed by atoms with van der Waals surface area (Å²) < 4.78 is 19.0. The van der Waals surface area contributed by atoms with E-state index in [0.717, 1.165) is 0 Å². The van der Waals surface area contributed by atoms with Crippen molar-refractivity contribution in [3.63, 3.8) is 0 Å². The van der Waals surface area contributed by atoms with Crippen molar-refractivity contribution < 1.29 is 23.5 Å². The van der Waals surface area contributed by atoms with Gasteiger partial charge in [-0.2, -0.15) is 0 Å². The normalized spacial score (nSPS) is 11.9. The van der Waals surface area contributed by atoms with Crippen LogP contribution >= 0.6 is 11.3 Å². The fraction of sp³-hybridized carbons (Fsp3) is 0.333. The number of amides is 3. The fourth-order valence-corrected chi connectivity index (χ4v) is 4.09. The van der Waals surface area contributed by atoms with Gasteiger partial charge in [0.05, 0.1) is 7.11 Å². The highest BCUT2D eigenvalue weighted by molar-refractivity contribution is 7.13. The number of benzene rings is 2. The molecule has 1 heterocycles. The van der Waals surface area contributed by atoms with Gasteiger partial charge in [-0.25, -0.2) is 9.37 Å². The summed E-state index contributed by atoms with van der Waals surface area (Å²) in [6.45, 7) is 5.71. The molecule has 0 radical (unpaired) electrons. The van der Waals surface area contributed by atoms with Crippen molar-refractivity contribution in [3.05, 3.63) is 71.5 Å². The number of ether oxygens (including phenoxy) is 1. The third-order valence-electron chi connectivity index (χ3n) is 5.90. The number of hydrogen-bond acceptors (Lipinski definition) is 6. The van der Waals surface area contributed by atoms with Gasteiger partial charge in [-0.15, -0.1) is 11.3 Å². The van der Waals surface area contributed by atoms with Crippen LogP contribution in [0.25, 0.3) is 0 Å². The van der Waals surface area contributed by atoms with E-state index in [1.165, 1.54) is 47.6 Å². The SMILES string of the molecule is CCC(C)(C)NC(=O)[C@@H](c1ccc(F)cc1)N(C(=O)CCC(=O)Nc1nccs1)c1ccc(OC)cc1. The van der Waals surface area contributed by atoms with Gasteiger partial charge in [0.15, 0.2) is 5.13 Å². The van der Waals surface area contributed by atoms with Gasteiger partial charge in [0.25, 0.3) is 0 Å². The number of nitrogens with zero attached hydrogens (tertiary/aromatic N) is 2. The van der Waals surface area contributed by atoms with Gasteiger partial charge in [0.1, 0.15) is 17.6 Å². The standard InChI is InChI=1S/C27H31FN4O4S/c1-5-27(2,3)31-25(35)24(18-6-8-19(28)9-7-18)32(20-10-12-21(36-4)13-11-20)23(34)15-14-22(33)30-26-29-16-17-37-26/h6-13,16-17,24H,5,14-15H2,1-4H3,(H,31,35)(H,29,30,33)/t24-/m1/s1. The number of thiazole rings is 1. The molecule has 8 nitrogen and oxygen atoms in total. The molecule has 1 aromatic heterocycles. The maximum atomic E-state index is 13.8. The van der Waals surface area contributed by atoms with Crippen molar-refractivity contribution in [2.45, 2.75) is 51.6 Å². The summed E-state index contributed by atoms with van der Waals surface area (Å²) in [6, 6.07) is 11.1. The summed E-state index contributed by atoms with van der Waals surface area (Å²) in [7, 11) is 1.53. The summed E-state index contributed by atoms with van der Waals surface area (Å²) in [4.78, 5) is 45.2. The molecule has 3 aromatic rings. The first-order valence-corrected chi connectivity index (χ1v) is 12.7. The van der Waals surface area contributed by atoms with E-state index in [4.69, 9.17) is 4.74 Å². The minimum absolute atomic E-state index is 0.108. The van der Waals surface area contributed by atoms with E-state index in [-0.39, 0.29) is 18.7 Å². The number of carbonyl (C=O) groups is 3. The number of nitrogens with one attached hydrogen (secondary N) is 2. The van der Waals surface area contributed by atoms with Crippen LogP contribution in [0.5, 0.6) is 5.75 Å². The largest absolute Gasteiger partial charge is 0.497 e. The molecular formula is C27H31FN4O4S. The lowest BCUT2D eigenvalue weighted by molar-refractivity contribution is -0.128. The molecule has 0 unspecified atom stereocenters. The van der Waals surface area contributed by atoms with Crippen LogP contribution in [0.1, 0.15) is 51.6 Å². The quantitative estimate of drug-likeness (QED) is 0.363. The second-order valence-electron chi connectivity index (χ2n) is 9.03. The van der Waals surface area contributed by atoms with E-state index in [2.05, 4.69) is 15.6 Å². The molecule has 0 fully saturated rings. The van der Waals surface area contributed by atoms with E-state index >= 15 is 0 Å². The highest BCUT2D eigenvalue weighted by Gasteiger charge is 2.35. The Labute approximate surface area is 219 Å². The Morgan fingerprint density at radius 1 is 1.08 bits per heavy atom. The summed E-state index contributed by atoms with van der Waals surface area (Å²) in [5, 5.41) is 7.84. The van der Waals surface area contributed by atoms with Gasteiger partial charge in [0.2, 0.25) is 17.7 Å². The molecule has 0 aliphatic carbocycles. The minimum atomic E-state index is -1.10. The zero-order valence-electron chi connectivity index (χ0n) is 21.3. The Morgan fingerprint density at radius 3 is 2.32 bits per heavy atom. The van der Waals surface area contributed by atoms with Crippen LogP contribution in [0.3, 0.4) is 0 Å². The lowest BCUT2D eigenvalue weighted by Gasteiger charge is -2.34. The summed E-state index contributed by atoms with van der Waals surface area (Å²) in [5.41, 5.74) is 0.324. The fourth-order valence-electron chi connectivity index (χ4n) is 3.54. The third kappa shape index (κ3) is 7.60. The zero-order chi connectivity index (χ0) is 27.0. The summed E-state index contributed by atoms with van der Waals surface area (Å²) in [6.07, 6.45) is 1.96. The number of halogens is 1. The predicted octanol–water partition coefficient (Wildman–Crippen LogP) is 5.09. The van der Waals surface area contributed by atoms with Gasteiger partial charge >= 0.3 is 0 Å². The van der Waals surface area contributed by atoms with E-state index in [1.807, 2.05) is 20.8 Å². The lowest BCUT2D eigenvalue weighted by atomic mass is 9.98. The Balaban J connectivity index is 1.98.